The van der Waals surface area contributed by atoms with Crippen molar-refractivity contribution in [2.24, 2.45) is 12.0 Å². The van der Waals surface area contributed by atoms with Crippen LogP contribution in [0.4, 0.5) is 0 Å². The largest absolute Gasteiger partial charge is 0.492 e. The lowest BCUT2D eigenvalue weighted by Crippen LogP contribution is -2.41. The van der Waals surface area contributed by atoms with E-state index in [-0.39, 0.29) is 6.04 Å². The zero-order valence-corrected chi connectivity index (χ0v) is 20.4. The highest BCUT2D eigenvalue weighted by Gasteiger charge is 2.29. The Morgan fingerprint density at radius 1 is 1.14 bits per heavy atom. The highest BCUT2D eigenvalue weighted by atomic mass is 16.5. The summed E-state index contributed by atoms with van der Waals surface area (Å²) >= 11 is 0. The second kappa shape index (κ2) is 11.3. The molecule has 0 saturated heterocycles. The molecule has 2 aliphatic heterocycles. The van der Waals surface area contributed by atoms with E-state index in [2.05, 4.69) is 47.4 Å². The number of aliphatic imine (C=N–C) groups is 1. The van der Waals surface area contributed by atoms with Gasteiger partial charge in [0.2, 0.25) is 0 Å². The van der Waals surface area contributed by atoms with Crippen LogP contribution in [0.1, 0.15) is 43.2 Å². The number of aromatic nitrogens is 4. The number of unbranched alkanes of at least 4 members (excludes halogenated alkanes) is 1. The summed E-state index contributed by atoms with van der Waals surface area (Å²) in [7, 11) is 2.05. The maximum absolute atomic E-state index is 5.90. The van der Waals surface area contributed by atoms with Gasteiger partial charge in [-0.3, -0.25) is 14.9 Å². The average molecular weight is 475 g/mol. The van der Waals surface area contributed by atoms with Crippen molar-refractivity contribution in [1.29, 1.82) is 0 Å². The summed E-state index contributed by atoms with van der Waals surface area (Å²) in [6.45, 7) is 5.15. The Labute approximate surface area is 206 Å². The second-order valence-electron chi connectivity index (χ2n) is 9.02. The Balaban J connectivity index is 1.29. The van der Waals surface area contributed by atoms with Crippen LogP contribution in [-0.2, 0) is 13.6 Å². The Morgan fingerprint density at radius 3 is 2.91 bits per heavy atom. The van der Waals surface area contributed by atoms with Crippen LogP contribution >= 0.6 is 0 Å². The van der Waals surface area contributed by atoms with E-state index in [1.54, 1.807) is 0 Å². The topological polar surface area (TPSA) is 92.5 Å². The van der Waals surface area contributed by atoms with Gasteiger partial charge in [-0.2, -0.15) is 0 Å². The molecule has 9 heteroatoms. The molecule has 2 aliphatic rings. The van der Waals surface area contributed by atoms with Crippen LogP contribution in [0.25, 0.3) is 11.4 Å². The highest BCUT2D eigenvalue weighted by molar-refractivity contribution is 5.80. The van der Waals surface area contributed by atoms with Crippen LogP contribution in [0, 0.1) is 0 Å². The molecule has 9 nitrogen and oxygen atoms in total. The van der Waals surface area contributed by atoms with Crippen LogP contribution in [0.5, 0.6) is 5.75 Å². The Bertz CT molecular complexity index is 1130. The molecule has 0 spiro atoms. The van der Waals surface area contributed by atoms with E-state index in [9.17, 15) is 0 Å². The van der Waals surface area contributed by atoms with Gasteiger partial charge in [-0.05, 0) is 37.9 Å². The van der Waals surface area contributed by atoms with Crippen LogP contribution < -0.4 is 15.4 Å². The SMILES string of the molecule is Cn1c(CN(CCCCNC2=NCCCN2)C2CCOc3cccnc32)nnc1-c1ccccc1. The zero-order valence-electron chi connectivity index (χ0n) is 20.4. The minimum absolute atomic E-state index is 0.189. The van der Waals surface area contributed by atoms with Crippen molar-refractivity contribution in [3.8, 4) is 17.1 Å². The molecule has 0 radical (unpaired) electrons. The number of benzene rings is 1. The number of pyridine rings is 1. The van der Waals surface area contributed by atoms with E-state index in [4.69, 9.17) is 9.72 Å². The number of fused-ring (bicyclic) bond motifs is 1. The lowest BCUT2D eigenvalue weighted by molar-refractivity contribution is 0.123. The number of rotatable bonds is 9. The summed E-state index contributed by atoms with van der Waals surface area (Å²) in [6, 6.07) is 14.4. The molecule has 1 unspecified atom stereocenters. The van der Waals surface area contributed by atoms with Gasteiger partial charge in [0, 0.05) is 44.9 Å². The van der Waals surface area contributed by atoms with Gasteiger partial charge in [0.25, 0.3) is 0 Å². The Kier molecular flexibility index (Phi) is 7.53. The van der Waals surface area contributed by atoms with Crippen molar-refractivity contribution in [3.05, 3.63) is 60.2 Å². The van der Waals surface area contributed by atoms with Crippen molar-refractivity contribution in [2.45, 2.75) is 38.3 Å². The molecule has 0 bridgehead atoms. The van der Waals surface area contributed by atoms with Crippen LogP contribution in [-0.4, -0.2) is 63.4 Å². The zero-order chi connectivity index (χ0) is 23.9. The summed E-state index contributed by atoms with van der Waals surface area (Å²) in [4.78, 5) is 11.7. The average Bonchev–Trinajstić information content (AvgIpc) is 3.28. The lowest BCUT2D eigenvalue weighted by Gasteiger charge is -2.34. The van der Waals surface area contributed by atoms with Crippen LogP contribution in [0.15, 0.2) is 53.7 Å². The quantitative estimate of drug-likeness (QED) is 0.461. The number of nitrogens with zero attached hydrogens (tertiary/aromatic N) is 6. The third kappa shape index (κ3) is 5.62. The van der Waals surface area contributed by atoms with E-state index in [0.717, 1.165) is 86.5 Å². The molecule has 35 heavy (non-hydrogen) atoms. The third-order valence-electron chi connectivity index (χ3n) is 6.61. The summed E-state index contributed by atoms with van der Waals surface area (Å²) in [5, 5.41) is 15.8. The molecular weight excluding hydrogens is 440 g/mol. The van der Waals surface area contributed by atoms with E-state index in [1.165, 1.54) is 0 Å². The van der Waals surface area contributed by atoms with Gasteiger partial charge in [0.05, 0.1) is 24.9 Å². The molecule has 4 heterocycles. The lowest BCUT2D eigenvalue weighted by atomic mass is 10.0. The molecule has 0 saturated carbocycles. The number of guanidine groups is 1. The van der Waals surface area contributed by atoms with Gasteiger partial charge < -0.3 is 19.9 Å². The van der Waals surface area contributed by atoms with Gasteiger partial charge in [0.1, 0.15) is 11.6 Å². The van der Waals surface area contributed by atoms with Crippen molar-refractivity contribution >= 4 is 5.96 Å². The van der Waals surface area contributed by atoms with Crippen molar-refractivity contribution in [1.82, 2.24) is 35.3 Å². The normalized spacial score (nSPS) is 17.3. The van der Waals surface area contributed by atoms with Gasteiger partial charge in [-0.1, -0.05) is 30.3 Å². The van der Waals surface area contributed by atoms with E-state index >= 15 is 0 Å². The predicted octanol–water partition coefficient (Wildman–Crippen LogP) is 2.92. The number of nitrogens with one attached hydrogen (secondary N) is 2. The van der Waals surface area contributed by atoms with E-state index in [1.807, 2.05) is 43.6 Å². The molecule has 184 valence electrons. The van der Waals surface area contributed by atoms with Gasteiger partial charge >= 0.3 is 0 Å². The molecule has 2 aromatic heterocycles. The smallest absolute Gasteiger partial charge is 0.191 e. The summed E-state index contributed by atoms with van der Waals surface area (Å²) < 4.78 is 8.00. The summed E-state index contributed by atoms with van der Waals surface area (Å²) in [5.41, 5.74) is 2.09. The van der Waals surface area contributed by atoms with Crippen molar-refractivity contribution in [3.63, 3.8) is 0 Å². The Hall–Kier alpha value is -3.46. The number of hydrogen-bond acceptors (Lipinski definition) is 8. The molecule has 0 amide bonds. The predicted molar refractivity (Wildman–Crippen MR) is 136 cm³/mol. The van der Waals surface area contributed by atoms with Crippen LogP contribution in [0.3, 0.4) is 0 Å². The van der Waals surface area contributed by atoms with Crippen molar-refractivity contribution in [2.75, 3.05) is 32.8 Å². The summed E-state index contributed by atoms with van der Waals surface area (Å²) in [6.07, 6.45) is 5.99. The first-order valence-electron chi connectivity index (χ1n) is 12.6. The number of ether oxygens (including phenoxy) is 1. The minimum Gasteiger partial charge on any atom is -0.492 e. The molecule has 0 fully saturated rings. The fraction of sp³-hybridized carbons (Fsp3) is 0.462. The third-order valence-corrected chi connectivity index (χ3v) is 6.61. The molecule has 1 atom stereocenters. The maximum Gasteiger partial charge on any atom is 0.191 e. The minimum atomic E-state index is 0.189. The molecule has 0 aliphatic carbocycles. The first-order chi connectivity index (χ1) is 17.3. The highest BCUT2D eigenvalue weighted by Crippen LogP contribution is 2.35. The first kappa shape index (κ1) is 23.3. The van der Waals surface area contributed by atoms with E-state index < -0.39 is 0 Å². The molecular formula is C26H34N8O. The maximum atomic E-state index is 5.90. The van der Waals surface area contributed by atoms with Gasteiger partial charge in [-0.25, -0.2) is 0 Å². The first-order valence-corrected chi connectivity index (χ1v) is 12.6. The van der Waals surface area contributed by atoms with E-state index in [0.29, 0.717) is 13.2 Å². The standard InChI is InChI=1S/C26H34N8O/c1-33-23(31-32-25(33)20-9-3-2-4-10-20)19-34(17-6-5-13-28-26-29-15-8-16-30-26)21-12-18-35-22-11-7-14-27-24(21)22/h2-4,7,9-11,14,21H,5-6,8,12-13,15-19H2,1H3,(H2,28,29,30). The molecule has 2 N–H and O–H groups in total. The molecule has 1 aromatic carbocycles. The van der Waals surface area contributed by atoms with Crippen LogP contribution in [0.2, 0.25) is 0 Å². The number of hydrogen-bond donors (Lipinski definition) is 2. The summed E-state index contributed by atoms with van der Waals surface area (Å²) in [5.74, 6) is 3.66. The fourth-order valence-electron chi connectivity index (χ4n) is 4.71. The fourth-order valence-corrected chi connectivity index (χ4v) is 4.71. The Morgan fingerprint density at radius 2 is 2.06 bits per heavy atom. The van der Waals surface area contributed by atoms with Gasteiger partial charge in [0.15, 0.2) is 11.8 Å². The molecule has 5 rings (SSSR count). The monoisotopic (exact) mass is 474 g/mol. The molecule has 3 aromatic rings. The van der Waals surface area contributed by atoms with Gasteiger partial charge in [-0.15, -0.1) is 10.2 Å². The second-order valence-corrected chi connectivity index (χ2v) is 9.02. The van der Waals surface area contributed by atoms with Crippen molar-refractivity contribution < 1.29 is 4.74 Å².